The van der Waals surface area contributed by atoms with Gasteiger partial charge in [0.05, 0.1) is 83.1 Å². The van der Waals surface area contributed by atoms with E-state index < -0.39 is 23.8 Å². The zero-order valence-corrected chi connectivity index (χ0v) is 40.2. The number of fused-ring (bicyclic) bond motifs is 4. The van der Waals surface area contributed by atoms with E-state index >= 15 is 8.78 Å². The van der Waals surface area contributed by atoms with E-state index in [4.69, 9.17) is 14.6 Å². The molecule has 0 saturated carbocycles. The Balaban J connectivity index is 0.970. The molecule has 10 aromatic rings. The minimum atomic E-state index is -1.05. The first-order valence-electron chi connectivity index (χ1n) is 21.7. The smallest absolute Gasteiger partial charge is 0.263 e. The lowest BCUT2D eigenvalue weighted by atomic mass is 10.0. The van der Waals surface area contributed by atoms with E-state index in [0.29, 0.717) is 59.1 Å². The maximum atomic E-state index is 15.8. The third kappa shape index (κ3) is 8.62. The molecule has 2 amide bonds. The van der Waals surface area contributed by atoms with Gasteiger partial charge in [-0.15, -0.1) is 22.7 Å². The van der Waals surface area contributed by atoms with Gasteiger partial charge in [-0.05, 0) is 73.5 Å². The zero-order valence-electron chi connectivity index (χ0n) is 38.6. The maximum Gasteiger partial charge on any atom is 0.263 e. The molecule has 0 aliphatic rings. The standard InChI is InChI=1S/C48H42F2N14O4S2/c1-24(47(65)61(3)4)67-38-15-27(13-35-40(38)46(54-21-52-35)59-31-9-11-33-44(42(31)50)70-23-56-33)29-18-64(7)60-36(29)19-62(5)48(66)25(2)68-37-14-26(28-16-57-63(6)17-28)12-34-39(37)45(53-20-51-34)58-30-8-10-32-43(41(30)49)69-22-55-32/h8-18,20-25H,19H2,1-7H3,(H,51,53,58)(H,52,54,59)/t24-,25+/m0/s1. The van der Waals surface area contributed by atoms with Crippen LogP contribution in [0.1, 0.15) is 19.5 Å². The Labute approximate surface area is 405 Å². The number of amides is 2. The number of halogens is 2. The lowest BCUT2D eigenvalue weighted by Gasteiger charge is -2.23. The van der Waals surface area contributed by atoms with Gasteiger partial charge in [0.2, 0.25) is 0 Å². The van der Waals surface area contributed by atoms with E-state index in [9.17, 15) is 9.59 Å². The van der Waals surface area contributed by atoms with E-state index in [1.54, 1.807) is 105 Å². The summed E-state index contributed by atoms with van der Waals surface area (Å²) in [6, 6.07) is 13.8. The van der Waals surface area contributed by atoms with E-state index in [0.717, 1.165) is 11.1 Å². The molecule has 70 heavy (non-hydrogen) atoms. The molecule has 2 N–H and O–H groups in total. The van der Waals surface area contributed by atoms with Crippen LogP contribution >= 0.6 is 22.7 Å². The molecule has 2 atom stereocenters. The first-order chi connectivity index (χ1) is 33.7. The topological polar surface area (TPSA) is 196 Å². The number of aryl methyl sites for hydroxylation is 2. The van der Waals surface area contributed by atoms with Gasteiger partial charge in [-0.25, -0.2) is 38.7 Å². The third-order valence-electron chi connectivity index (χ3n) is 11.5. The van der Waals surface area contributed by atoms with Crippen molar-refractivity contribution in [2.45, 2.75) is 32.6 Å². The van der Waals surface area contributed by atoms with Crippen LogP contribution in [0.15, 0.2) is 90.8 Å². The van der Waals surface area contributed by atoms with Gasteiger partial charge in [-0.2, -0.15) is 10.2 Å². The Morgan fingerprint density at radius 2 is 1.21 bits per heavy atom. The SMILES string of the molecule is C[C@H](Oc1cc(-c2cn(C)nc2CN(C)C(=O)[C@@H](C)Oc2cc(-c3cnn(C)c3)cc3ncnc(Nc4ccc5ncsc5c4F)c23)cc2ncnc(Nc3ccc4ncsc4c3F)c12)C(=O)N(C)C. The van der Waals surface area contributed by atoms with Gasteiger partial charge in [-0.3, -0.25) is 19.0 Å². The van der Waals surface area contributed by atoms with Crippen LogP contribution in [-0.2, 0) is 30.2 Å². The number of hydrogen-bond donors (Lipinski definition) is 2. The molecule has 0 aliphatic carbocycles. The molecule has 0 unspecified atom stereocenters. The van der Waals surface area contributed by atoms with Crippen molar-refractivity contribution in [3.8, 4) is 33.8 Å². The molecule has 4 aromatic carbocycles. The highest BCUT2D eigenvalue weighted by Crippen LogP contribution is 2.41. The summed E-state index contributed by atoms with van der Waals surface area (Å²) in [4.78, 5) is 57.1. The second kappa shape index (κ2) is 18.3. The van der Waals surface area contributed by atoms with E-state index in [1.165, 1.54) is 45.1 Å². The van der Waals surface area contributed by atoms with Gasteiger partial charge in [0.15, 0.2) is 23.8 Å². The first-order valence-corrected chi connectivity index (χ1v) is 23.4. The average molecular weight is 981 g/mol. The van der Waals surface area contributed by atoms with Crippen molar-refractivity contribution in [2.75, 3.05) is 31.8 Å². The number of carbonyl (C=O) groups excluding carboxylic acids is 2. The Bertz CT molecular complexity index is 3670. The molecular weight excluding hydrogens is 939 g/mol. The largest absolute Gasteiger partial charge is 0.480 e. The van der Waals surface area contributed by atoms with Crippen LogP contribution in [0.5, 0.6) is 11.5 Å². The molecule has 18 nitrogen and oxygen atoms in total. The molecule has 354 valence electrons. The summed E-state index contributed by atoms with van der Waals surface area (Å²) in [7, 11) is 8.50. The van der Waals surface area contributed by atoms with Gasteiger partial charge < -0.3 is 29.9 Å². The number of aromatic nitrogens is 10. The number of nitrogens with zero attached hydrogens (tertiary/aromatic N) is 12. The van der Waals surface area contributed by atoms with Crippen LogP contribution in [0.2, 0.25) is 0 Å². The number of thiazole rings is 2. The minimum absolute atomic E-state index is 0.0497. The molecule has 10 rings (SSSR count). The number of anilines is 4. The van der Waals surface area contributed by atoms with Crippen LogP contribution in [-0.4, -0.2) is 104 Å². The second-order valence-corrected chi connectivity index (χ2v) is 18.4. The van der Waals surface area contributed by atoms with E-state index in [2.05, 4.69) is 45.6 Å². The lowest BCUT2D eigenvalue weighted by Crippen LogP contribution is -2.37. The number of nitrogens with one attached hydrogen (secondary N) is 2. The highest BCUT2D eigenvalue weighted by atomic mass is 32.1. The highest BCUT2D eigenvalue weighted by Gasteiger charge is 2.27. The van der Waals surface area contributed by atoms with Crippen LogP contribution in [0.25, 0.3) is 64.5 Å². The molecule has 0 spiro atoms. The fourth-order valence-electron chi connectivity index (χ4n) is 8.17. The summed E-state index contributed by atoms with van der Waals surface area (Å²) in [5.41, 5.74) is 8.80. The zero-order chi connectivity index (χ0) is 49.0. The van der Waals surface area contributed by atoms with E-state index in [-0.39, 0.29) is 52.9 Å². The van der Waals surface area contributed by atoms with Gasteiger partial charge in [0.25, 0.3) is 11.8 Å². The predicted octanol–water partition coefficient (Wildman–Crippen LogP) is 8.64. The Kier molecular flexibility index (Phi) is 11.9. The van der Waals surface area contributed by atoms with Crippen LogP contribution < -0.4 is 20.1 Å². The first kappa shape index (κ1) is 45.5. The summed E-state index contributed by atoms with van der Waals surface area (Å²) in [6.07, 6.45) is 6.12. The molecule has 0 fully saturated rings. The third-order valence-corrected chi connectivity index (χ3v) is 13.2. The summed E-state index contributed by atoms with van der Waals surface area (Å²) in [5, 5.41) is 16.2. The number of carbonyl (C=O) groups is 2. The van der Waals surface area contributed by atoms with Crippen molar-refractivity contribution in [1.82, 2.24) is 59.3 Å². The fourth-order valence-corrected chi connectivity index (χ4v) is 9.62. The van der Waals surface area contributed by atoms with Crippen molar-refractivity contribution in [3.63, 3.8) is 0 Å². The van der Waals surface area contributed by atoms with Crippen molar-refractivity contribution >= 4 is 99.7 Å². The molecule has 6 aromatic heterocycles. The number of rotatable bonds is 14. The molecule has 0 saturated heterocycles. The number of hydrogen-bond acceptors (Lipinski definition) is 16. The molecule has 22 heteroatoms. The summed E-state index contributed by atoms with van der Waals surface area (Å²) in [6.45, 7) is 3.33. The Morgan fingerprint density at radius 3 is 1.76 bits per heavy atom. The fraction of sp³-hybridized carbons (Fsp3) is 0.208. The molecular formula is C48H42F2N14O4S2. The van der Waals surface area contributed by atoms with Gasteiger partial charge in [-0.1, -0.05) is 0 Å². The Hall–Kier alpha value is -8.24. The maximum absolute atomic E-state index is 15.8. The second-order valence-electron chi connectivity index (χ2n) is 16.7. The van der Waals surface area contributed by atoms with Crippen molar-refractivity contribution in [1.29, 1.82) is 0 Å². The van der Waals surface area contributed by atoms with Gasteiger partial charge in [0, 0.05) is 58.8 Å². The monoisotopic (exact) mass is 980 g/mol. The number of ether oxygens (including phenoxy) is 2. The van der Waals surface area contributed by atoms with Crippen LogP contribution in [0.4, 0.5) is 31.8 Å². The molecule has 0 aliphatic heterocycles. The normalized spacial score (nSPS) is 12.4. The number of benzene rings is 4. The van der Waals surface area contributed by atoms with Crippen LogP contribution in [0.3, 0.4) is 0 Å². The summed E-state index contributed by atoms with van der Waals surface area (Å²) in [5.74, 6) is -0.579. The average Bonchev–Trinajstić information content (AvgIpc) is 4.18. The molecule has 0 bridgehead atoms. The van der Waals surface area contributed by atoms with E-state index in [1.807, 2.05) is 31.6 Å². The minimum Gasteiger partial charge on any atom is -0.480 e. The summed E-state index contributed by atoms with van der Waals surface area (Å²) < 4.78 is 48.5. The lowest BCUT2D eigenvalue weighted by molar-refractivity contribution is -0.137. The van der Waals surface area contributed by atoms with Gasteiger partial charge in [0.1, 0.15) is 35.8 Å². The van der Waals surface area contributed by atoms with Crippen molar-refractivity contribution in [2.24, 2.45) is 14.1 Å². The van der Waals surface area contributed by atoms with Gasteiger partial charge >= 0.3 is 0 Å². The highest BCUT2D eigenvalue weighted by molar-refractivity contribution is 7.17. The predicted molar refractivity (Wildman–Crippen MR) is 265 cm³/mol. The van der Waals surface area contributed by atoms with Crippen LogP contribution in [0, 0.1) is 11.6 Å². The van der Waals surface area contributed by atoms with Crippen molar-refractivity contribution in [3.05, 3.63) is 108 Å². The Morgan fingerprint density at radius 1 is 0.671 bits per heavy atom. The quantitative estimate of drug-likeness (QED) is 0.105. The number of likely N-dealkylation sites (N-methyl/N-ethyl adjacent to an activating group) is 2. The molecule has 6 heterocycles. The molecule has 0 radical (unpaired) electrons. The summed E-state index contributed by atoms with van der Waals surface area (Å²) >= 11 is 2.38. The van der Waals surface area contributed by atoms with Crippen molar-refractivity contribution < 1.29 is 27.8 Å².